The molecule has 0 saturated carbocycles. The molecule has 0 atom stereocenters. The van der Waals surface area contributed by atoms with Crippen LogP contribution in [-0.4, -0.2) is 5.11 Å². The Kier molecular flexibility index (Phi) is 4.35. The summed E-state index contributed by atoms with van der Waals surface area (Å²) in [6.07, 6.45) is 0. The smallest absolute Gasteiger partial charge is 0.138 e. The van der Waals surface area contributed by atoms with Crippen molar-refractivity contribution in [1.29, 1.82) is 0 Å². The van der Waals surface area contributed by atoms with E-state index in [2.05, 4.69) is 5.32 Å². The molecule has 100 valence electrons. The molecule has 0 spiro atoms. The van der Waals surface area contributed by atoms with Crippen LogP contribution in [0.3, 0.4) is 0 Å². The maximum atomic E-state index is 13.4. The molecule has 0 aliphatic rings. The fraction of sp³-hybridized carbons (Fsp3) is 0.143. The highest BCUT2D eigenvalue weighted by molar-refractivity contribution is 6.32. The third-order valence-corrected chi connectivity index (χ3v) is 3.01. The third-order valence-electron chi connectivity index (χ3n) is 2.71. The van der Waals surface area contributed by atoms with Gasteiger partial charge in [0.25, 0.3) is 0 Å². The van der Waals surface area contributed by atoms with E-state index >= 15 is 0 Å². The number of benzene rings is 2. The Balaban J connectivity index is 2.00. The molecule has 0 aliphatic carbocycles. The summed E-state index contributed by atoms with van der Waals surface area (Å²) >= 11 is 5.77. The van der Waals surface area contributed by atoms with E-state index in [-0.39, 0.29) is 22.9 Å². The molecular formula is C14H12ClF2NO. The summed E-state index contributed by atoms with van der Waals surface area (Å²) < 4.78 is 26.3. The molecule has 0 unspecified atom stereocenters. The van der Waals surface area contributed by atoms with E-state index in [1.807, 2.05) is 0 Å². The van der Waals surface area contributed by atoms with Crippen LogP contribution in [0.15, 0.2) is 36.4 Å². The summed E-state index contributed by atoms with van der Waals surface area (Å²) in [7, 11) is 0. The van der Waals surface area contributed by atoms with Gasteiger partial charge in [0.2, 0.25) is 0 Å². The van der Waals surface area contributed by atoms with E-state index < -0.39 is 11.6 Å². The first-order valence-corrected chi connectivity index (χ1v) is 6.06. The Labute approximate surface area is 114 Å². The number of hydrogen-bond acceptors (Lipinski definition) is 2. The van der Waals surface area contributed by atoms with Crippen LogP contribution in [0.2, 0.25) is 5.02 Å². The molecule has 19 heavy (non-hydrogen) atoms. The van der Waals surface area contributed by atoms with Crippen molar-refractivity contribution in [2.45, 2.75) is 13.1 Å². The Morgan fingerprint density at radius 1 is 1.05 bits per heavy atom. The summed E-state index contributed by atoms with van der Waals surface area (Å²) in [6, 6.07) is 8.29. The average Bonchev–Trinajstić information content (AvgIpc) is 2.38. The molecule has 2 N–H and O–H groups in total. The van der Waals surface area contributed by atoms with Crippen LogP contribution in [-0.2, 0) is 13.1 Å². The summed E-state index contributed by atoms with van der Waals surface area (Å²) in [4.78, 5) is 0. The fourth-order valence-corrected chi connectivity index (χ4v) is 1.91. The number of phenols is 1. The van der Waals surface area contributed by atoms with Crippen LogP contribution in [0, 0.1) is 11.6 Å². The highest BCUT2D eigenvalue weighted by Crippen LogP contribution is 2.26. The van der Waals surface area contributed by atoms with Crippen molar-refractivity contribution in [3.05, 3.63) is 64.2 Å². The normalized spacial score (nSPS) is 10.7. The van der Waals surface area contributed by atoms with E-state index in [0.29, 0.717) is 12.1 Å². The van der Waals surface area contributed by atoms with Gasteiger partial charge in [0, 0.05) is 24.2 Å². The zero-order valence-corrected chi connectivity index (χ0v) is 10.7. The lowest BCUT2D eigenvalue weighted by Crippen LogP contribution is -2.14. The van der Waals surface area contributed by atoms with Crippen LogP contribution in [0.5, 0.6) is 5.75 Å². The molecular weight excluding hydrogens is 272 g/mol. The second-order valence-electron chi connectivity index (χ2n) is 4.09. The average molecular weight is 284 g/mol. The van der Waals surface area contributed by atoms with Gasteiger partial charge in [0.15, 0.2) is 0 Å². The van der Waals surface area contributed by atoms with Gasteiger partial charge in [-0.05, 0) is 24.3 Å². The van der Waals surface area contributed by atoms with E-state index in [0.717, 1.165) is 18.2 Å². The predicted octanol–water partition coefficient (Wildman–Crippen LogP) is 3.61. The lowest BCUT2D eigenvalue weighted by molar-refractivity contribution is 0.464. The summed E-state index contributed by atoms with van der Waals surface area (Å²) in [5, 5.41) is 12.9. The van der Waals surface area contributed by atoms with Crippen molar-refractivity contribution in [3.8, 4) is 5.75 Å². The first kappa shape index (κ1) is 13.8. The monoisotopic (exact) mass is 283 g/mol. The van der Waals surface area contributed by atoms with Crippen LogP contribution >= 0.6 is 11.6 Å². The molecule has 0 fully saturated rings. The first-order valence-electron chi connectivity index (χ1n) is 5.69. The first-order chi connectivity index (χ1) is 9.08. The minimum absolute atomic E-state index is 0.00335. The Morgan fingerprint density at radius 3 is 2.58 bits per heavy atom. The molecule has 0 bridgehead atoms. The lowest BCUT2D eigenvalue weighted by Gasteiger charge is -2.08. The Hall–Kier alpha value is -1.65. The number of phenolic OH excluding ortho intramolecular Hbond substituents is 1. The quantitative estimate of drug-likeness (QED) is 0.898. The van der Waals surface area contributed by atoms with Crippen molar-refractivity contribution < 1.29 is 13.9 Å². The number of rotatable bonds is 4. The van der Waals surface area contributed by atoms with E-state index in [1.165, 1.54) is 0 Å². The molecule has 0 aliphatic heterocycles. The third kappa shape index (κ3) is 3.43. The second kappa shape index (κ2) is 5.99. The Morgan fingerprint density at radius 2 is 1.79 bits per heavy atom. The van der Waals surface area contributed by atoms with Crippen molar-refractivity contribution >= 4 is 11.6 Å². The minimum Gasteiger partial charge on any atom is -0.506 e. The fourth-order valence-electron chi connectivity index (χ4n) is 1.71. The van der Waals surface area contributed by atoms with Gasteiger partial charge in [-0.2, -0.15) is 0 Å². The van der Waals surface area contributed by atoms with Crippen LogP contribution in [0.25, 0.3) is 0 Å². The standard InChI is InChI=1S/C14H12ClF2NO/c15-12-3-1-2-9(14(12)19)7-18-8-10-6-11(16)4-5-13(10)17/h1-6,18-19H,7-8H2. The van der Waals surface area contributed by atoms with Crippen LogP contribution < -0.4 is 5.32 Å². The topological polar surface area (TPSA) is 32.3 Å². The predicted molar refractivity (Wildman–Crippen MR) is 70.0 cm³/mol. The highest BCUT2D eigenvalue weighted by Gasteiger charge is 2.06. The van der Waals surface area contributed by atoms with Gasteiger partial charge < -0.3 is 10.4 Å². The molecule has 0 heterocycles. The maximum Gasteiger partial charge on any atom is 0.138 e. The molecule has 2 aromatic rings. The van der Waals surface area contributed by atoms with Crippen molar-refractivity contribution in [2.24, 2.45) is 0 Å². The number of aromatic hydroxyl groups is 1. The molecule has 0 aromatic heterocycles. The molecule has 2 rings (SSSR count). The minimum atomic E-state index is -0.483. The van der Waals surface area contributed by atoms with Gasteiger partial charge in [-0.25, -0.2) is 8.78 Å². The molecule has 0 saturated heterocycles. The van der Waals surface area contributed by atoms with Gasteiger partial charge in [-0.1, -0.05) is 23.7 Å². The highest BCUT2D eigenvalue weighted by atomic mass is 35.5. The van der Waals surface area contributed by atoms with E-state index in [1.54, 1.807) is 18.2 Å². The number of nitrogens with one attached hydrogen (secondary N) is 1. The van der Waals surface area contributed by atoms with Crippen molar-refractivity contribution in [1.82, 2.24) is 5.32 Å². The van der Waals surface area contributed by atoms with Gasteiger partial charge >= 0.3 is 0 Å². The zero-order valence-electron chi connectivity index (χ0n) is 9.96. The number of halogens is 3. The van der Waals surface area contributed by atoms with Gasteiger partial charge in [0.05, 0.1) is 5.02 Å². The summed E-state index contributed by atoms with van der Waals surface area (Å²) in [6.45, 7) is 0.470. The second-order valence-corrected chi connectivity index (χ2v) is 4.49. The SMILES string of the molecule is Oc1c(Cl)cccc1CNCc1cc(F)ccc1F. The lowest BCUT2D eigenvalue weighted by atomic mass is 10.1. The summed E-state index contributed by atoms with van der Waals surface area (Å²) in [5.41, 5.74) is 0.839. The van der Waals surface area contributed by atoms with Crippen molar-refractivity contribution in [3.63, 3.8) is 0 Å². The Bertz CT molecular complexity index is 588. The summed E-state index contributed by atoms with van der Waals surface area (Å²) in [5.74, 6) is -0.954. The van der Waals surface area contributed by atoms with Gasteiger partial charge in [-0.3, -0.25) is 0 Å². The molecule has 5 heteroatoms. The van der Waals surface area contributed by atoms with Crippen LogP contribution in [0.4, 0.5) is 8.78 Å². The number of para-hydroxylation sites is 1. The molecule has 0 amide bonds. The van der Waals surface area contributed by atoms with E-state index in [9.17, 15) is 13.9 Å². The molecule has 0 radical (unpaired) electrons. The zero-order chi connectivity index (χ0) is 13.8. The largest absolute Gasteiger partial charge is 0.506 e. The molecule has 2 nitrogen and oxygen atoms in total. The maximum absolute atomic E-state index is 13.4. The van der Waals surface area contributed by atoms with Crippen molar-refractivity contribution in [2.75, 3.05) is 0 Å². The van der Waals surface area contributed by atoms with Gasteiger partial charge in [0.1, 0.15) is 17.4 Å². The van der Waals surface area contributed by atoms with E-state index in [4.69, 9.17) is 11.6 Å². The van der Waals surface area contributed by atoms with Crippen LogP contribution in [0.1, 0.15) is 11.1 Å². The van der Waals surface area contributed by atoms with Gasteiger partial charge in [-0.15, -0.1) is 0 Å². The number of hydrogen-bond donors (Lipinski definition) is 2. The molecule has 2 aromatic carbocycles.